The smallest absolute Gasteiger partial charge is 0.411 e. The number of carbonyl (C=O) groups excluding carboxylic acids is 1. The summed E-state index contributed by atoms with van der Waals surface area (Å²) in [5.74, 6) is -1.79. The molecule has 0 aliphatic heterocycles. The number of amides is 1. The molecule has 0 spiro atoms. The van der Waals surface area contributed by atoms with E-state index < -0.39 is 17.9 Å². The van der Waals surface area contributed by atoms with Gasteiger partial charge in [0.25, 0.3) is 0 Å². The molecule has 19 heavy (non-hydrogen) atoms. The first kappa shape index (κ1) is 14.7. The van der Waals surface area contributed by atoms with Crippen LogP contribution in [0.25, 0.3) is 6.08 Å². The molecule has 0 aromatic heterocycles. The van der Waals surface area contributed by atoms with Gasteiger partial charge in [0.1, 0.15) is 5.82 Å². The number of rotatable bonds is 5. The van der Waals surface area contributed by atoms with Crippen molar-refractivity contribution in [3.63, 3.8) is 0 Å². The van der Waals surface area contributed by atoms with Crippen molar-refractivity contribution in [3.05, 3.63) is 35.7 Å². The standard InChI is InChI=1S/C13H14FNO4/c1-2-7-19-13(18)15-11-5-3-9(8-10(11)14)4-6-12(16)17/h3-6,8H,2,7H2,1H3,(H,15,18)(H,16,17)/b6-4+. The van der Waals surface area contributed by atoms with Crippen molar-refractivity contribution in [2.24, 2.45) is 0 Å². The molecular weight excluding hydrogens is 253 g/mol. The molecule has 0 aliphatic carbocycles. The molecule has 0 bridgehead atoms. The van der Waals surface area contributed by atoms with Crippen LogP contribution in [-0.2, 0) is 9.53 Å². The normalized spacial score (nSPS) is 10.4. The summed E-state index contributed by atoms with van der Waals surface area (Å²) in [6.45, 7) is 2.10. The van der Waals surface area contributed by atoms with Crippen LogP contribution >= 0.6 is 0 Å². The minimum absolute atomic E-state index is 0.0198. The van der Waals surface area contributed by atoms with E-state index in [1.807, 2.05) is 6.92 Å². The zero-order chi connectivity index (χ0) is 14.3. The van der Waals surface area contributed by atoms with Crippen LogP contribution in [0.4, 0.5) is 14.9 Å². The third kappa shape index (κ3) is 5.20. The second-order valence-electron chi connectivity index (χ2n) is 3.67. The van der Waals surface area contributed by atoms with Gasteiger partial charge >= 0.3 is 12.1 Å². The first-order valence-electron chi connectivity index (χ1n) is 5.67. The SMILES string of the molecule is CCCOC(=O)Nc1ccc(/C=C/C(=O)O)cc1F. The third-order valence-electron chi connectivity index (χ3n) is 2.09. The molecule has 0 saturated heterocycles. The molecule has 6 heteroatoms. The predicted octanol–water partition coefficient (Wildman–Crippen LogP) is 2.88. The van der Waals surface area contributed by atoms with Gasteiger partial charge in [-0.3, -0.25) is 5.32 Å². The number of ether oxygens (including phenoxy) is 1. The van der Waals surface area contributed by atoms with E-state index in [9.17, 15) is 14.0 Å². The molecule has 0 fully saturated rings. The second-order valence-corrected chi connectivity index (χ2v) is 3.67. The number of carboxylic acids is 1. The Bertz CT molecular complexity index is 499. The number of nitrogens with one attached hydrogen (secondary N) is 1. The van der Waals surface area contributed by atoms with Gasteiger partial charge in [-0.25, -0.2) is 14.0 Å². The van der Waals surface area contributed by atoms with Crippen LogP contribution in [0.3, 0.4) is 0 Å². The highest BCUT2D eigenvalue weighted by atomic mass is 19.1. The van der Waals surface area contributed by atoms with Crippen LogP contribution in [0.2, 0.25) is 0 Å². The van der Waals surface area contributed by atoms with E-state index >= 15 is 0 Å². The van der Waals surface area contributed by atoms with E-state index in [1.165, 1.54) is 18.2 Å². The summed E-state index contributed by atoms with van der Waals surface area (Å²) in [6, 6.07) is 3.94. The average Bonchev–Trinajstić information content (AvgIpc) is 2.36. The highest BCUT2D eigenvalue weighted by molar-refractivity contribution is 5.86. The molecule has 1 rings (SSSR count). The molecule has 0 saturated carbocycles. The number of hydrogen-bond acceptors (Lipinski definition) is 3. The van der Waals surface area contributed by atoms with Gasteiger partial charge < -0.3 is 9.84 Å². The summed E-state index contributed by atoms with van der Waals surface area (Å²) < 4.78 is 18.4. The lowest BCUT2D eigenvalue weighted by Crippen LogP contribution is -2.15. The topological polar surface area (TPSA) is 75.6 Å². The lowest BCUT2D eigenvalue weighted by atomic mass is 10.2. The Balaban J connectivity index is 2.72. The third-order valence-corrected chi connectivity index (χ3v) is 2.09. The Labute approximate surface area is 109 Å². The van der Waals surface area contributed by atoms with E-state index in [0.29, 0.717) is 12.0 Å². The van der Waals surface area contributed by atoms with Gasteiger partial charge in [0.2, 0.25) is 0 Å². The summed E-state index contributed by atoms with van der Waals surface area (Å²) in [4.78, 5) is 21.5. The molecule has 2 N–H and O–H groups in total. The molecule has 102 valence electrons. The lowest BCUT2D eigenvalue weighted by molar-refractivity contribution is -0.131. The van der Waals surface area contributed by atoms with Gasteiger partial charge in [-0.05, 0) is 30.2 Å². The maximum absolute atomic E-state index is 13.6. The summed E-state index contributed by atoms with van der Waals surface area (Å²) in [5, 5.41) is 10.7. The Morgan fingerprint density at radius 3 is 2.79 bits per heavy atom. The van der Waals surface area contributed by atoms with Gasteiger partial charge in [0.15, 0.2) is 0 Å². The van der Waals surface area contributed by atoms with Gasteiger partial charge in [-0.15, -0.1) is 0 Å². The van der Waals surface area contributed by atoms with Crippen LogP contribution in [0.1, 0.15) is 18.9 Å². The molecule has 1 aromatic carbocycles. The monoisotopic (exact) mass is 267 g/mol. The second kappa shape index (κ2) is 7.15. The van der Waals surface area contributed by atoms with E-state index in [2.05, 4.69) is 5.32 Å². The summed E-state index contributed by atoms with van der Waals surface area (Å²) in [6.07, 6.45) is 2.10. The summed E-state index contributed by atoms with van der Waals surface area (Å²) in [7, 11) is 0. The number of benzene rings is 1. The fourth-order valence-electron chi connectivity index (χ4n) is 1.24. The maximum Gasteiger partial charge on any atom is 0.411 e. The van der Waals surface area contributed by atoms with Crippen molar-refractivity contribution >= 4 is 23.8 Å². The Kier molecular flexibility index (Phi) is 5.53. The van der Waals surface area contributed by atoms with Crippen molar-refractivity contribution in [2.45, 2.75) is 13.3 Å². The van der Waals surface area contributed by atoms with Crippen LogP contribution in [0.15, 0.2) is 24.3 Å². The zero-order valence-electron chi connectivity index (χ0n) is 10.4. The highest BCUT2D eigenvalue weighted by Crippen LogP contribution is 2.17. The van der Waals surface area contributed by atoms with Crippen molar-refractivity contribution in [2.75, 3.05) is 11.9 Å². The number of aliphatic carboxylic acids is 1. The first-order chi connectivity index (χ1) is 9.02. The summed E-state index contributed by atoms with van der Waals surface area (Å²) in [5.41, 5.74) is 0.362. The molecule has 1 aromatic rings. The molecule has 5 nitrogen and oxygen atoms in total. The molecule has 0 heterocycles. The quantitative estimate of drug-likeness (QED) is 0.804. The lowest BCUT2D eigenvalue weighted by Gasteiger charge is -2.07. The molecule has 0 aliphatic rings. The number of halogens is 1. The average molecular weight is 267 g/mol. The predicted molar refractivity (Wildman–Crippen MR) is 68.3 cm³/mol. The van der Waals surface area contributed by atoms with Crippen LogP contribution in [-0.4, -0.2) is 23.8 Å². The largest absolute Gasteiger partial charge is 0.478 e. The fraction of sp³-hybridized carbons (Fsp3) is 0.231. The van der Waals surface area contributed by atoms with Crippen LogP contribution in [0.5, 0.6) is 0 Å². The van der Waals surface area contributed by atoms with E-state index in [0.717, 1.165) is 12.1 Å². The van der Waals surface area contributed by atoms with E-state index in [4.69, 9.17) is 9.84 Å². The van der Waals surface area contributed by atoms with Crippen molar-refractivity contribution in [1.82, 2.24) is 0 Å². The van der Waals surface area contributed by atoms with Crippen LogP contribution < -0.4 is 5.32 Å². The molecular formula is C13H14FNO4. The minimum Gasteiger partial charge on any atom is -0.478 e. The number of anilines is 1. The number of carboxylic acid groups (broad SMARTS) is 1. The molecule has 0 unspecified atom stereocenters. The van der Waals surface area contributed by atoms with Crippen molar-refractivity contribution in [1.29, 1.82) is 0 Å². The minimum atomic E-state index is -1.12. The fourth-order valence-corrected chi connectivity index (χ4v) is 1.24. The van der Waals surface area contributed by atoms with Gasteiger partial charge in [-0.2, -0.15) is 0 Å². The van der Waals surface area contributed by atoms with Gasteiger partial charge in [-0.1, -0.05) is 13.0 Å². The zero-order valence-corrected chi connectivity index (χ0v) is 10.4. The number of hydrogen-bond donors (Lipinski definition) is 2. The Hall–Kier alpha value is -2.37. The summed E-state index contributed by atoms with van der Waals surface area (Å²) >= 11 is 0. The van der Waals surface area contributed by atoms with Gasteiger partial charge in [0.05, 0.1) is 12.3 Å². The van der Waals surface area contributed by atoms with Crippen molar-refractivity contribution in [3.8, 4) is 0 Å². The van der Waals surface area contributed by atoms with E-state index in [-0.39, 0.29) is 12.3 Å². The Morgan fingerprint density at radius 2 is 2.21 bits per heavy atom. The van der Waals surface area contributed by atoms with Crippen molar-refractivity contribution < 1.29 is 23.8 Å². The van der Waals surface area contributed by atoms with Crippen LogP contribution in [0, 0.1) is 5.82 Å². The maximum atomic E-state index is 13.6. The first-order valence-corrected chi connectivity index (χ1v) is 5.67. The molecule has 0 radical (unpaired) electrons. The highest BCUT2D eigenvalue weighted by Gasteiger charge is 2.07. The van der Waals surface area contributed by atoms with Gasteiger partial charge in [0, 0.05) is 6.08 Å². The Morgan fingerprint density at radius 1 is 1.47 bits per heavy atom. The molecule has 1 amide bonds. The number of carbonyl (C=O) groups is 2. The van der Waals surface area contributed by atoms with E-state index in [1.54, 1.807) is 0 Å². The molecule has 0 atom stereocenters.